The number of rotatable bonds is 4. The maximum Gasteiger partial charge on any atom is 0.325 e. The van der Waals surface area contributed by atoms with Gasteiger partial charge in [-0.05, 0) is 28.9 Å². The lowest BCUT2D eigenvalue weighted by Gasteiger charge is -2.18. The maximum atomic E-state index is 11.3. The largest absolute Gasteiger partial charge is 0.465 e. The second-order valence-corrected chi connectivity index (χ2v) is 4.44. The fourth-order valence-corrected chi connectivity index (χ4v) is 1.94. The van der Waals surface area contributed by atoms with Gasteiger partial charge < -0.3 is 9.64 Å². The Morgan fingerprint density at radius 1 is 1.69 bits per heavy atom. The normalized spacial score (nSPS) is 10.0. The van der Waals surface area contributed by atoms with Crippen LogP contribution >= 0.6 is 27.5 Å². The van der Waals surface area contributed by atoms with Gasteiger partial charge in [-0.25, -0.2) is 4.98 Å². The van der Waals surface area contributed by atoms with Gasteiger partial charge in [-0.2, -0.15) is 0 Å². The molecule has 0 saturated carbocycles. The van der Waals surface area contributed by atoms with E-state index in [9.17, 15) is 4.79 Å². The standard InChI is InChI=1S/C10H12BrClN2O2/c1-3-16-9(15)6-14(2)10-8(12)4-7(11)5-13-10/h4-5H,3,6H2,1-2H3. The molecule has 0 bridgehead atoms. The van der Waals surface area contributed by atoms with Crippen molar-refractivity contribution in [2.45, 2.75) is 6.92 Å². The van der Waals surface area contributed by atoms with E-state index in [-0.39, 0.29) is 12.5 Å². The fraction of sp³-hybridized carbons (Fsp3) is 0.400. The molecule has 0 N–H and O–H groups in total. The predicted octanol–water partition coefficient (Wildman–Crippen LogP) is 2.50. The van der Waals surface area contributed by atoms with E-state index in [2.05, 4.69) is 20.9 Å². The van der Waals surface area contributed by atoms with Crippen LogP contribution in [-0.4, -0.2) is 31.2 Å². The first-order valence-electron chi connectivity index (χ1n) is 4.72. The summed E-state index contributed by atoms with van der Waals surface area (Å²) in [6, 6.07) is 1.73. The molecule has 1 heterocycles. The second kappa shape index (κ2) is 6.06. The first-order valence-corrected chi connectivity index (χ1v) is 5.89. The van der Waals surface area contributed by atoms with Crippen molar-refractivity contribution in [3.8, 4) is 0 Å². The number of nitrogens with zero attached hydrogens (tertiary/aromatic N) is 2. The third-order valence-corrected chi connectivity index (χ3v) is 2.53. The molecule has 0 spiro atoms. The molecule has 0 amide bonds. The molecule has 88 valence electrons. The molecule has 0 aliphatic heterocycles. The van der Waals surface area contributed by atoms with Crippen molar-refractivity contribution < 1.29 is 9.53 Å². The van der Waals surface area contributed by atoms with Crippen LogP contribution in [0.3, 0.4) is 0 Å². The van der Waals surface area contributed by atoms with Gasteiger partial charge in [-0.1, -0.05) is 11.6 Å². The molecule has 1 aromatic heterocycles. The molecular formula is C10H12BrClN2O2. The molecule has 0 fully saturated rings. The van der Waals surface area contributed by atoms with Gasteiger partial charge >= 0.3 is 5.97 Å². The van der Waals surface area contributed by atoms with Crippen LogP contribution in [0.1, 0.15) is 6.92 Å². The summed E-state index contributed by atoms with van der Waals surface area (Å²) in [5, 5.41) is 0.487. The van der Waals surface area contributed by atoms with Crippen LogP contribution in [0.5, 0.6) is 0 Å². The van der Waals surface area contributed by atoms with Crippen molar-refractivity contribution in [3.63, 3.8) is 0 Å². The SMILES string of the molecule is CCOC(=O)CN(C)c1ncc(Br)cc1Cl. The minimum Gasteiger partial charge on any atom is -0.465 e. The number of carbonyl (C=O) groups is 1. The maximum absolute atomic E-state index is 11.3. The summed E-state index contributed by atoms with van der Waals surface area (Å²) in [4.78, 5) is 17.0. The summed E-state index contributed by atoms with van der Waals surface area (Å²) < 4.78 is 5.63. The van der Waals surface area contributed by atoms with Crippen molar-refractivity contribution >= 4 is 39.3 Å². The highest BCUT2D eigenvalue weighted by Gasteiger charge is 2.12. The van der Waals surface area contributed by atoms with Crippen LogP contribution in [0.15, 0.2) is 16.7 Å². The Labute approximate surface area is 108 Å². The van der Waals surface area contributed by atoms with E-state index in [4.69, 9.17) is 16.3 Å². The molecule has 0 aliphatic rings. The lowest BCUT2D eigenvalue weighted by Crippen LogP contribution is -2.28. The van der Waals surface area contributed by atoms with E-state index in [1.165, 1.54) is 0 Å². The van der Waals surface area contributed by atoms with E-state index in [0.29, 0.717) is 17.4 Å². The first-order chi connectivity index (χ1) is 7.54. The Morgan fingerprint density at radius 2 is 2.38 bits per heavy atom. The van der Waals surface area contributed by atoms with Crippen molar-refractivity contribution in [2.24, 2.45) is 0 Å². The summed E-state index contributed by atoms with van der Waals surface area (Å²) in [7, 11) is 1.74. The molecule has 0 aliphatic carbocycles. The molecule has 0 radical (unpaired) electrons. The quantitative estimate of drug-likeness (QED) is 0.802. The molecule has 4 nitrogen and oxygen atoms in total. The van der Waals surface area contributed by atoms with Crippen LogP contribution in [0.25, 0.3) is 0 Å². The van der Waals surface area contributed by atoms with E-state index in [0.717, 1.165) is 4.47 Å². The van der Waals surface area contributed by atoms with Gasteiger partial charge in [0, 0.05) is 17.7 Å². The molecule has 0 aromatic carbocycles. The van der Waals surface area contributed by atoms with Crippen molar-refractivity contribution in [2.75, 3.05) is 25.1 Å². The average Bonchev–Trinajstić information content (AvgIpc) is 2.17. The Balaban J connectivity index is 2.72. The molecule has 1 rings (SSSR count). The molecular weight excluding hydrogens is 295 g/mol. The highest BCUT2D eigenvalue weighted by molar-refractivity contribution is 9.10. The smallest absolute Gasteiger partial charge is 0.325 e. The number of likely N-dealkylation sites (N-methyl/N-ethyl adjacent to an activating group) is 1. The zero-order chi connectivity index (χ0) is 12.1. The van der Waals surface area contributed by atoms with Gasteiger partial charge in [0.15, 0.2) is 0 Å². The highest BCUT2D eigenvalue weighted by atomic mass is 79.9. The lowest BCUT2D eigenvalue weighted by molar-refractivity contribution is -0.141. The number of hydrogen-bond acceptors (Lipinski definition) is 4. The van der Waals surface area contributed by atoms with Gasteiger partial charge in [-0.3, -0.25) is 4.79 Å². The van der Waals surface area contributed by atoms with Crippen LogP contribution in [0.2, 0.25) is 5.02 Å². The lowest BCUT2D eigenvalue weighted by atomic mass is 10.4. The van der Waals surface area contributed by atoms with Gasteiger partial charge in [0.05, 0.1) is 11.6 Å². The number of carbonyl (C=O) groups excluding carboxylic acids is 1. The molecule has 1 aromatic rings. The Bertz CT molecular complexity index is 387. The van der Waals surface area contributed by atoms with Gasteiger partial charge in [0.25, 0.3) is 0 Å². The zero-order valence-corrected chi connectivity index (χ0v) is 11.4. The number of halogens is 2. The first kappa shape index (κ1) is 13.3. The van der Waals surface area contributed by atoms with Crippen LogP contribution in [0, 0.1) is 0 Å². The molecule has 0 unspecified atom stereocenters. The molecule has 0 atom stereocenters. The van der Waals surface area contributed by atoms with E-state index in [1.54, 1.807) is 31.1 Å². The number of anilines is 1. The average molecular weight is 308 g/mol. The number of ether oxygens (including phenoxy) is 1. The molecule has 0 saturated heterocycles. The summed E-state index contributed by atoms with van der Waals surface area (Å²) in [5.41, 5.74) is 0. The molecule has 6 heteroatoms. The Kier molecular flexibility index (Phi) is 5.02. The third-order valence-electron chi connectivity index (χ3n) is 1.82. The van der Waals surface area contributed by atoms with Gasteiger partial charge in [0.1, 0.15) is 12.4 Å². The minimum absolute atomic E-state index is 0.127. The van der Waals surface area contributed by atoms with Gasteiger partial charge in [0.2, 0.25) is 0 Å². The number of esters is 1. The number of pyridine rings is 1. The topological polar surface area (TPSA) is 42.4 Å². The van der Waals surface area contributed by atoms with Crippen LogP contribution in [-0.2, 0) is 9.53 Å². The minimum atomic E-state index is -0.300. The van der Waals surface area contributed by atoms with Crippen molar-refractivity contribution in [1.82, 2.24) is 4.98 Å². The Hall–Kier alpha value is -0.810. The Morgan fingerprint density at radius 3 is 2.94 bits per heavy atom. The monoisotopic (exact) mass is 306 g/mol. The summed E-state index contributed by atoms with van der Waals surface area (Å²) in [6.07, 6.45) is 1.63. The highest BCUT2D eigenvalue weighted by Crippen LogP contribution is 2.25. The third kappa shape index (κ3) is 3.64. The summed E-state index contributed by atoms with van der Waals surface area (Å²) in [6.45, 7) is 2.26. The fourth-order valence-electron chi connectivity index (χ4n) is 1.16. The van der Waals surface area contributed by atoms with Crippen LogP contribution in [0.4, 0.5) is 5.82 Å². The summed E-state index contributed by atoms with van der Waals surface area (Å²) in [5.74, 6) is 0.253. The van der Waals surface area contributed by atoms with Gasteiger partial charge in [-0.15, -0.1) is 0 Å². The van der Waals surface area contributed by atoms with Crippen molar-refractivity contribution in [3.05, 3.63) is 21.8 Å². The molecule has 16 heavy (non-hydrogen) atoms. The predicted molar refractivity (Wildman–Crippen MR) is 66.9 cm³/mol. The van der Waals surface area contributed by atoms with Crippen molar-refractivity contribution in [1.29, 1.82) is 0 Å². The zero-order valence-electron chi connectivity index (χ0n) is 9.04. The number of hydrogen-bond donors (Lipinski definition) is 0. The van der Waals surface area contributed by atoms with E-state index < -0.39 is 0 Å². The van der Waals surface area contributed by atoms with E-state index in [1.807, 2.05) is 0 Å². The van der Waals surface area contributed by atoms with Crippen LogP contribution < -0.4 is 4.90 Å². The number of aromatic nitrogens is 1. The second-order valence-electron chi connectivity index (χ2n) is 3.12. The summed E-state index contributed by atoms with van der Waals surface area (Å²) >= 11 is 9.26. The van der Waals surface area contributed by atoms with E-state index >= 15 is 0 Å².